The lowest BCUT2D eigenvalue weighted by Crippen LogP contribution is -2.12. The Kier molecular flexibility index (Phi) is 2.60. The van der Waals surface area contributed by atoms with Gasteiger partial charge >= 0.3 is 6.18 Å². The molecule has 3 nitrogen and oxygen atoms in total. The highest BCUT2D eigenvalue weighted by atomic mass is 19.4. The first kappa shape index (κ1) is 10.0. The van der Waals surface area contributed by atoms with Crippen LogP contribution in [0, 0.1) is 0 Å². The topological polar surface area (TPSA) is 38.0 Å². The first-order valence-corrected chi connectivity index (χ1v) is 3.67. The molecular formula is C7H9F3N2O. The first-order chi connectivity index (χ1) is 5.89. The van der Waals surface area contributed by atoms with E-state index in [9.17, 15) is 13.2 Å². The van der Waals surface area contributed by atoms with Crippen LogP contribution in [-0.4, -0.2) is 21.0 Å². The van der Waals surface area contributed by atoms with Crippen molar-refractivity contribution in [3.05, 3.63) is 18.0 Å². The summed E-state index contributed by atoms with van der Waals surface area (Å²) in [6.45, 7) is 1.55. The van der Waals surface area contributed by atoms with Gasteiger partial charge in [-0.05, 0) is 6.92 Å². The van der Waals surface area contributed by atoms with Crippen LogP contribution < -0.4 is 0 Å². The van der Waals surface area contributed by atoms with E-state index >= 15 is 0 Å². The van der Waals surface area contributed by atoms with Gasteiger partial charge in [0.25, 0.3) is 0 Å². The lowest BCUT2D eigenvalue weighted by molar-refractivity contribution is -0.137. The largest absolute Gasteiger partial charge is 0.419 e. The minimum absolute atomic E-state index is 0.0656. The molecule has 6 heteroatoms. The van der Waals surface area contributed by atoms with Crippen LogP contribution in [-0.2, 0) is 12.7 Å². The molecule has 0 saturated heterocycles. The van der Waals surface area contributed by atoms with Crippen molar-refractivity contribution in [1.29, 1.82) is 0 Å². The van der Waals surface area contributed by atoms with Crippen molar-refractivity contribution >= 4 is 0 Å². The Balaban J connectivity index is 2.75. The molecule has 1 atom stereocenters. The molecule has 1 heterocycles. The molecule has 0 bridgehead atoms. The summed E-state index contributed by atoms with van der Waals surface area (Å²) in [6.07, 6.45) is -3.47. The maximum absolute atomic E-state index is 12.0. The standard InChI is InChI=1S/C7H9F3N2O/c1-5(13)3-12-4-6(2-11-12)7(8,9)10/h2,4-5,13H,3H2,1H3/t5-/m1/s1. The number of hydrogen-bond acceptors (Lipinski definition) is 2. The zero-order chi connectivity index (χ0) is 10.1. The van der Waals surface area contributed by atoms with Gasteiger partial charge in [-0.2, -0.15) is 18.3 Å². The third-order valence-electron chi connectivity index (χ3n) is 1.41. The Hall–Kier alpha value is -1.04. The van der Waals surface area contributed by atoms with E-state index in [0.717, 1.165) is 17.1 Å². The van der Waals surface area contributed by atoms with E-state index < -0.39 is 17.8 Å². The summed E-state index contributed by atoms with van der Waals surface area (Å²) in [4.78, 5) is 0. The molecule has 0 amide bonds. The molecule has 1 rings (SSSR count). The van der Waals surface area contributed by atoms with E-state index in [1.165, 1.54) is 6.92 Å². The third-order valence-corrected chi connectivity index (χ3v) is 1.41. The zero-order valence-corrected chi connectivity index (χ0v) is 6.91. The summed E-state index contributed by atoms with van der Waals surface area (Å²) in [6, 6.07) is 0. The molecule has 1 aromatic rings. The fourth-order valence-electron chi connectivity index (χ4n) is 0.881. The van der Waals surface area contributed by atoms with Crippen molar-refractivity contribution in [3.8, 4) is 0 Å². The maximum atomic E-state index is 12.0. The van der Waals surface area contributed by atoms with Gasteiger partial charge < -0.3 is 5.11 Å². The van der Waals surface area contributed by atoms with Crippen molar-refractivity contribution in [2.75, 3.05) is 0 Å². The number of hydrogen-bond donors (Lipinski definition) is 1. The van der Waals surface area contributed by atoms with Crippen LogP contribution in [0.5, 0.6) is 0 Å². The number of alkyl halides is 3. The molecule has 74 valence electrons. The second-order valence-corrected chi connectivity index (χ2v) is 2.80. The van der Waals surface area contributed by atoms with Crippen LogP contribution in [0.3, 0.4) is 0 Å². The van der Waals surface area contributed by atoms with Gasteiger partial charge in [0.2, 0.25) is 0 Å². The highest BCUT2D eigenvalue weighted by Gasteiger charge is 2.32. The number of nitrogens with zero attached hydrogens (tertiary/aromatic N) is 2. The van der Waals surface area contributed by atoms with Gasteiger partial charge in [0, 0.05) is 6.20 Å². The second-order valence-electron chi connectivity index (χ2n) is 2.80. The van der Waals surface area contributed by atoms with Gasteiger partial charge in [-0.3, -0.25) is 4.68 Å². The molecule has 0 unspecified atom stereocenters. The van der Waals surface area contributed by atoms with Crippen molar-refractivity contribution < 1.29 is 18.3 Å². The predicted molar refractivity (Wildman–Crippen MR) is 38.9 cm³/mol. The summed E-state index contributed by atoms with van der Waals surface area (Å²) in [5, 5.41) is 12.3. The highest BCUT2D eigenvalue weighted by molar-refractivity contribution is 5.08. The number of aromatic nitrogens is 2. The van der Waals surface area contributed by atoms with Crippen molar-refractivity contribution in [3.63, 3.8) is 0 Å². The van der Waals surface area contributed by atoms with Crippen LogP contribution in [0.1, 0.15) is 12.5 Å². The summed E-state index contributed by atoms with van der Waals surface area (Å²) in [5.74, 6) is 0. The molecule has 0 aliphatic heterocycles. The molecular weight excluding hydrogens is 185 g/mol. The van der Waals surface area contributed by atoms with Crippen LogP contribution in [0.2, 0.25) is 0 Å². The molecule has 0 fully saturated rings. The van der Waals surface area contributed by atoms with Gasteiger partial charge in [0.15, 0.2) is 0 Å². The normalized spacial score (nSPS) is 14.5. The lowest BCUT2D eigenvalue weighted by atomic mass is 10.3. The number of halogens is 3. The Morgan fingerprint density at radius 3 is 2.62 bits per heavy atom. The number of rotatable bonds is 2. The highest BCUT2D eigenvalue weighted by Crippen LogP contribution is 2.28. The molecule has 13 heavy (non-hydrogen) atoms. The molecule has 1 aromatic heterocycles. The van der Waals surface area contributed by atoms with E-state index in [-0.39, 0.29) is 6.54 Å². The Bertz CT molecular complexity index is 280. The summed E-state index contributed by atoms with van der Waals surface area (Å²) >= 11 is 0. The SMILES string of the molecule is C[C@@H](O)Cn1cc(C(F)(F)F)cn1. The van der Waals surface area contributed by atoms with Gasteiger partial charge in [-0.1, -0.05) is 0 Å². The minimum Gasteiger partial charge on any atom is -0.391 e. The van der Waals surface area contributed by atoms with Gasteiger partial charge in [0.05, 0.1) is 24.4 Å². The fraction of sp³-hybridized carbons (Fsp3) is 0.571. The van der Waals surface area contributed by atoms with E-state index in [2.05, 4.69) is 5.10 Å². The Labute approximate surface area is 72.8 Å². The molecule has 0 aliphatic carbocycles. The van der Waals surface area contributed by atoms with Gasteiger partial charge in [0.1, 0.15) is 0 Å². The lowest BCUT2D eigenvalue weighted by Gasteiger charge is -2.03. The average Bonchev–Trinajstić information content (AvgIpc) is 2.32. The van der Waals surface area contributed by atoms with Gasteiger partial charge in [-0.15, -0.1) is 0 Å². The monoisotopic (exact) mass is 194 g/mol. The quantitative estimate of drug-likeness (QED) is 0.770. The number of aliphatic hydroxyl groups excluding tert-OH is 1. The molecule has 0 aliphatic rings. The summed E-state index contributed by atoms with van der Waals surface area (Å²) in [5.41, 5.74) is -0.798. The maximum Gasteiger partial charge on any atom is 0.419 e. The van der Waals surface area contributed by atoms with Crippen LogP contribution in [0.25, 0.3) is 0 Å². The van der Waals surface area contributed by atoms with Gasteiger partial charge in [-0.25, -0.2) is 0 Å². The Morgan fingerprint density at radius 2 is 2.23 bits per heavy atom. The van der Waals surface area contributed by atoms with Crippen LogP contribution in [0.15, 0.2) is 12.4 Å². The van der Waals surface area contributed by atoms with E-state index in [1.54, 1.807) is 0 Å². The second kappa shape index (κ2) is 3.37. The summed E-state index contributed by atoms with van der Waals surface area (Å²) < 4.78 is 37.1. The molecule has 1 N–H and O–H groups in total. The van der Waals surface area contributed by atoms with E-state index in [4.69, 9.17) is 5.11 Å². The predicted octanol–water partition coefficient (Wildman–Crippen LogP) is 1.28. The molecule has 0 saturated carbocycles. The molecule has 0 spiro atoms. The Morgan fingerprint density at radius 1 is 1.62 bits per heavy atom. The summed E-state index contributed by atoms with van der Waals surface area (Å²) in [7, 11) is 0. The first-order valence-electron chi connectivity index (χ1n) is 3.67. The number of aliphatic hydroxyl groups is 1. The molecule has 0 aromatic carbocycles. The third kappa shape index (κ3) is 2.73. The fourth-order valence-corrected chi connectivity index (χ4v) is 0.881. The minimum atomic E-state index is -4.36. The smallest absolute Gasteiger partial charge is 0.391 e. The average molecular weight is 194 g/mol. The van der Waals surface area contributed by atoms with Crippen molar-refractivity contribution in [2.45, 2.75) is 25.7 Å². The van der Waals surface area contributed by atoms with E-state index in [0.29, 0.717) is 0 Å². The van der Waals surface area contributed by atoms with Crippen molar-refractivity contribution in [2.24, 2.45) is 0 Å². The van der Waals surface area contributed by atoms with E-state index in [1.807, 2.05) is 0 Å². The van der Waals surface area contributed by atoms with Crippen molar-refractivity contribution in [1.82, 2.24) is 9.78 Å². The molecule has 0 radical (unpaired) electrons. The zero-order valence-electron chi connectivity index (χ0n) is 6.91. The van der Waals surface area contributed by atoms with Crippen LogP contribution in [0.4, 0.5) is 13.2 Å². The van der Waals surface area contributed by atoms with Crippen LogP contribution >= 0.6 is 0 Å².